The summed E-state index contributed by atoms with van der Waals surface area (Å²) in [6.07, 6.45) is 1.17. The highest BCUT2D eigenvalue weighted by Gasteiger charge is 2.11. The van der Waals surface area contributed by atoms with E-state index in [0.717, 1.165) is 11.1 Å². The molecule has 0 fully saturated rings. The van der Waals surface area contributed by atoms with E-state index < -0.39 is 6.10 Å². The molecule has 1 N–H and O–H groups in total. The SMILES string of the molecule is OC(C/C(=[C]/F)c1ccccc1)c1ccccc1. The molecule has 1 radical (unpaired) electrons. The van der Waals surface area contributed by atoms with Crippen LogP contribution in [0.2, 0.25) is 0 Å². The zero-order valence-corrected chi connectivity index (χ0v) is 9.88. The van der Waals surface area contributed by atoms with Crippen LogP contribution in [0.5, 0.6) is 0 Å². The number of rotatable bonds is 4. The van der Waals surface area contributed by atoms with Gasteiger partial charge in [0.25, 0.3) is 0 Å². The quantitative estimate of drug-likeness (QED) is 0.860. The van der Waals surface area contributed by atoms with Gasteiger partial charge in [-0.05, 0) is 11.1 Å². The molecule has 2 aromatic carbocycles. The molecular weight excluding hydrogens is 227 g/mol. The van der Waals surface area contributed by atoms with Crippen molar-refractivity contribution in [3.63, 3.8) is 0 Å². The Bertz CT molecular complexity index is 505. The lowest BCUT2D eigenvalue weighted by atomic mass is 9.97. The van der Waals surface area contributed by atoms with Gasteiger partial charge in [0, 0.05) is 12.0 Å². The monoisotopic (exact) mass is 241 g/mol. The molecule has 2 rings (SSSR count). The summed E-state index contributed by atoms with van der Waals surface area (Å²) in [6.45, 7) is 0. The van der Waals surface area contributed by atoms with Crippen LogP contribution < -0.4 is 0 Å². The van der Waals surface area contributed by atoms with Gasteiger partial charge in [-0.1, -0.05) is 60.7 Å². The van der Waals surface area contributed by atoms with Crippen LogP contribution in [0.25, 0.3) is 5.57 Å². The number of halogens is 1. The molecule has 0 heterocycles. The van der Waals surface area contributed by atoms with Gasteiger partial charge in [0.15, 0.2) is 6.33 Å². The average Bonchev–Trinajstić information content (AvgIpc) is 2.46. The third-order valence-corrected chi connectivity index (χ3v) is 2.82. The first-order valence-corrected chi connectivity index (χ1v) is 5.82. The lowest BCUT2D eigenvalue weighted by Gasteiger charge is -2.12. The third-order valence-electron chi connectivity index (χ3n) is 2.82. The van der Waals surface area contributed by atoms with E-state index in [0.29, 0.717) is 5.57 Å². The van der Waals surface area contributed by atoms with Crippen molar-refractivity contribution in [2.75, 3.05) is 0 Å². The first-order valence-electron chi connectivity index (χ1n) is 5.82. The maximum absolute atomic E-state index is 12.8. The average molecular weight is 241 g/mol. The van der Waals surface area contributed by atoms with E-state index in [2.05, 4.69) is 0 Å². The second kappa shape index (κ2) is 6.12. The number of hydrogen-bond acceptors (Lipinski definition) is 1. The fourth-order valence-electron chi connectivity index (χ4n) is 1.84. The fourth-order valence-corrected chi connectivity index (χ4v) is 1.84. The van der Waals surface area contributed by atoms with Crippen molar-refractivity contribution in [3.8, 4) is 0 Å². The maximum Gasteiger partial charge on any atom is 0.163 e. The van der Waals surface area contributed by atoms with Gasteiger partial charge in [-0.25, -0.2) is 4.39 Å². The topological polar surface area (TPSA) is 20.2 Å². The van der Waals surface area contributed by atoms with Crippen molar-refractivity contribution in [1.82, 2.24) is 0 Å². The Morgan fingerprint density at radius 1 is 1.00 bits per heavy atom. The molecule has 2 heteroatoms. The normalized spacial score (nSPS) is 13.3. The van der Waals surface area contributed by atoms with Crippen molar-refractivity contribution < 1.29 is 9.50 Å². The van der Waals surface area contributed by atoms with Crippen LogP contribution in [0.4, 0.5) is 4.39 Å². The van der Waals surface area contributed by atoms with Crippen LogP contribution in [-0.2, 0) is 0 Å². The molecule has 0 aromatic heterocycles. The number of hydrogen-bond donors (Lipinski definition) is 1. The molecule has 0 aliphatic rings. The Labute approximate surface area is 106 Å². The lowest BCUT2D eigenvalue weighted by molar-refractivity contribution is 0.183. The Morgan fingerprint density at radius 3 is 2.11 bits per heavy atom. The predicted octanol–water partition coefficient (Wildman–Crippen LogP) is 3.92. The van der Waals surface area contributed by atoms with Gasteiger partial charge in [0.2, 0.25) is 0 Å². The smallest absolute Gasteiger partial charge is 0.163 e. The van der Waals surface area contributed by atoms with E-state index >= 15 is 0 Å². The van der Waals surface area contributed by atoms with Crippen molar-refractivity contribution >= 4 is 5.57 Å². The predicted molar refractivity (Wildman–Crippen MR) is 70.2 cm³/mol. The largest absolute Gasteiger partial charge is 0.388 e. The molecule has 0 aliphatic carbocycles. The Hall–Kier alpha value is -1.93. The summed E-state index contributed by atoms with van der Waals surface area (Å²) in [5, 5.41) is 10.1. The van der Waals surface area contributed by atoms with Crippen LogP contribution in [-0.4, -0.2) is 5.11 Å². The van der Waals surface area contributed by atoms with Gasteiger partial charge in [0.05, 0.1) is 6.10 Å². The van der Waals surface area contributed by atoms with Crippen LogP contribution >= 0.6 is 0 Å². The van der Waals surface area contributed by atoms with Gasteiger partial charge in [0.1, 0.15) is 0 Å². The van der Waals surface area contributed by atoms with Crippen LogP contribution in [0.3, 0.4) is 0 Å². The molecule has 1 nitrogen and oxygen atoms in total. The number of aliphatic hydroxyl groups excluding tert-OH is 1. The highest BCUT2D eigenvalue weighted by molar-refractivity contribution is 5.63. The summed E-state index contributed by atoms with van der Waals surface area (Å²) < 4.78 is 12.8. The summed E-state index contributed by atoms with van der Waals surface area (Å²) in [6, 6.07) is 18.4. The Balaban J connectivity index is 2.13. The van der Waals surface area contributed by atoms with Crippen molar-refractivity contribution in [1.29, 1.82) is 0 Å². The lowest BCUT2D eigenvalue weighted by Crippen LogP contribution is -1.98. The Morgan fingerprint density at radius 2 is 1.56 bits per heavy atom. The van der Waals surface area contributed by atoms with Crippen molar-refractivity contribution in [2.24, 2.45) is 0 Å². The van der Waals surface area contributed by atoms with E-state index in [9.17, 15) is 9.50 Å². The first-order chi connectivity index (χ1) is 8.81. The Kier molecular flexibility index (Phi) is 4.26. The molecule has 1 atom stereocenters. The molecule has 0 spiro atoms. The minimum absolute atomic E-state index is 0.213. The summed E-state index contributed by atoms with van der Waals surface area (Å²) in [5.74, 6) is 0. The molecule has 0 aliphatic heterocycles. The van der Waals surface area contributed by atoms with E-state index in [1.54, 1.807) is 18.5 Å². The minimum atomic E-state index is -0.718. The van der Waals surface area contributed by atoms with E-state index in [-0.39, 0.29) is 6.42 Å². The molecule has 0 bridgehead atoms. The standard InChI is InChI=1S/C16H14FO/c17-12-15(13-7-3-1-4-8-13)11-16(18)14-9-5-2-6-10-14/h1-10,16,18H,11H2. The van der Waals surface area contributed by atoms with Gasteiger partial charge >= 0.3 is 0 Å². The molecule has 0 amide bonds. The van der Waals surface area contributed by atoms with Gasteiger partial charge in [-0.2, -0.15) is 0 Å². The highest BCUT2D eigenvalue weighted by atomic mass is 19.1. The maximum atomic E-state index is 12.8. The second-order valence-electron chi connectivity index (χ2n) is 4.07. The minimum Gasteiger partial charge on any atom is -0.388 e. The van der Waals surface area contributed by atoms with E-state index in [4.69, 9.17) is 0 Å². The van der Waals surface area contributed by atoms with Gasteiger partial charge in [-0.3, -0.25) is 0 Å². The van der Waals surface area contributed by atoms with Crippen molar-refractivity contribution in [2.45, 2.75) is 12.5 Å². The zero-order valence-electron chi connectivity index (χ0n) is 9.88. The van der Waals surface area contributed by atoms with Gasteiger partial charge < -0.3 is 5.11 Å². The molecule has 91 valence electrons. The highest BCUT2D eigenvalue weighted by Crippen LogP contribution is 2.26. The first kappa shape index (κ1) is 12.5. The number of benzene rings is 2. The summed E-state index contributed by atoms with van der Waals surface area (Å²) >= 11 is 0. The summed E-state index contributed by atoms with van der Waals surface area (Å²) in [5.41, 5.74) is 1.91. The van der Waals surface area contributed by atoms with Crippen LogP contribution in [0.1, 0.15) is 23.7 Å². The zero-order chi connectivity index (χ0) is 12.8. The summed E-state index contributed by atoms with van der Waals surface area (Å²) in [4.78, 5) is 0. The fraction of sp³-hybridized carbons (Fsp3) is 0.125. The van der Waals surface area contributed by atoms with Gasteiger partial charge in [-0.15, -0.1) is 0 Å². The molecule has 0 saturated heterocycles. The molecule has 2 aromatic rings. The van der Waals surface area contributed by atoms with Crippen LogP contribution in [0.15, 0.2) is 60.7 Å². The molecule has 18 heavy (non-hydrogen) atoms. The molecule has 0 saturated carbocycles. The van der Waals surface area contributed by atoms with Crippen molar-refractivity contribution in [3.05, 3.63) is 78.1 Å². The third kappa shape index (κ3) is 3.05. The van der Waals surface area contributed by atoms with E-state index in [1.807, 2.05) is 48.5 Å². The molecular formula is C16H14FO. The molecule has 1 unspecified atom stereocenters. The second-order valence-corrected chi connectivity index (χ2v) is 4.07. The van der Waals surface area contributed by atoms with Crippen LogP contribution in [0, 0.1) is 6.33 Å². The number of aliphatic hydroxyl groups is 1. The summed E-state index contributed by atoms with van der Waals surface area (Å²) in [7, 11) is 0. The van der Waals surface area contributed by atoms with E-state index in [1.165, 1.54) is 0 Å².